The van der Waals surface area contributed by atoms with Gasteiger partial charge in [-0.25, -0.2) is 0 Å². The molecule has 2 rings (SSSR count). The van der Waals surface area contributed by atoms with E-state index in [2.05, 4.69) is 4.98 Å². The zero-order chi connectivity index (χ0) is 12.4. The van der Waals surface area contributed by atoms with Gasteiger partial charge >= 0.3 is 0 Å². The lowest BCUT2D eigenvalue weighted by atomic mass is 10.1. The summed E-state index contributed by atoms with van der Waals surface area (Å²) >= 11 is 5.92. The molecule has 0 saturated carbocycles. The molecule has 3 N–H and O–H groups in total. The summed E-state index contributed by atoms with van der Waals surface area (Å²) < 4.78 is 5.21. The van der Waals surface area contributed by atoms with Crippen LogP contribution in [0.25, 0.3) is 11.3 Å². The van der Waals surface area contributed by atoms with Gasteiger partial charge in [-0.15, -0.1) is 0 Å². The highest BCUT2D eigenvalue weighted by Gasteiger charge is 2.08. The summed E-state index contributed by atoms with van der Waals surface area (Å²) in [6, 6.07) is 8.45. The first-order chi connectivity index (χ1) is 8.11. The van der Waals surface area contributed by atoms with E-state index in [0.29, 0.717) is 16.5 Å². The van der Waals surface area contributed by atoms with Crippen LogP contribution in [-0.4, -0.2) is 12.1 Å². The van der Waals surface area contributed by atoms with E-state index in [-0.39, 0.29) is 11.2 Å². The van der Waals surface area contributed by atoms with Crippen LogP contribution in [0.2, 0.25) is 5.02 Å². The number of anilines is 1. The Morgan fingerprint density at radius 2 is 2.06 bits per heavy atom. The molecule has 0 bridgehead atoms. The second kappa shape index (κ2) is 4.51. The van der Waals surface area contributed by atoms with Crippen LogP contribution in [0, 0.1) is 0 Å². The van der Waals surface area contributed by atoms with Gasteiger partial charge in [0.05, 0.1) is 18.5 Å². The van der Waals surface area contributed by atoms with Crippen molar-refractivity contribution in [3.8, 4) is 17.0 Å². The van der Waals surface area contributed by atoms with E-state index >= 15 is 0 Å². The molecule has 0 amide bonds. The largest absolute Gasteiger partial charge is 0.496 e. The average Bonchev–Trinajstić information content (AvgIpc) is 2.32. The number of aromatic nitrogens is 1. The van der Waals surface area contributed by atoms with E-state index in [1.54, 1.807) is 37.4 Å². The molecule has 0 saturated heterocycles. The molecule has 17 heavy (non-hydrogen) atoms. The van der Waals surface area contributed by atoms with Crippen LogP contribution < -0.4 is 16.0 Å². The molecule has 0 aliphatic heterocycles. The Labute approximate surface area is 103 Å². The van der Waals surface area contributed by atoms with Gasteiger partial charge in [0.1, 0.15) is 5.75 Å². The van der Waals surface area contributed by atoms with Crippen molar-refractivity contribution in [2.24, 2.45) is 0 Å². The van der Waals surface area contributed by atoms with Crippen molar-refractivity contribution in [1.82, 2.24) is 4.98 Å². The molecule has 0 atom stereocenters. The van der Waals surface area contributed by atoms with Crippen molar-refractivity contribution in [1.29, 1.82) is 0 Å². The maximum Gasteiger partial charge on any atom is 0.271 e. The van der Waals surface area contributed by atoms with Crippen LogP contribution >= 0.6 is 11.6 Å². The highest BCUT2D eigenvalue weighted by atomic mass is 35.5. The summed E-state index contributed by atoms with van der Waals surface area (Å²) in [5, 5.41) is 0.568. The van der Waals surface area contributed by atoms with Crippen LogP contribution in [-0.2, 0) is 0 Å². The van der Waals surface area contributed by atoms with E-state index in [4.69, 9.17) is 22.1 Å². The second-order valence-corrected chi connectivity index (χ2v) is 3.94. The third kappa shape index (κ3) is 2.26. The lowest BCUT2D eigenvalue weighted by molar-refractivity contribution is 0.416. The van der Waals surface area contributed by atoms with Gasteiger partial charge in [-0.1, -0.05) is 11.6 Å². The maximum absolute atomic E-state index is 11.4. The van der Waals surface area contributed by atoms with Crippen LogP contribution in [0.4, 0.5) is 5.69 Å². The number of rotatable bonds is 2. The Morgan fingerprint density at radius 3 is 2.71 bits per heavy atom. The lowest BCUT2D eigenvalue weighted by Crippen LogP contribution is -2.11. The number of H-pyrrole nitrogens is 1. The monoisotopic (exact) mass is 250 g/mol. The highest BCUT2D eigenvalue weighted by molar-refractivity contribution is 6.30. The predicted octanol–water partition coefficient (Wildman–Crippen LogP) is 2.29. The fraction of sp³-hybridized carbons (Fsp3) is 0.0833. The number of hydrogen-bond acceptors (Lipinski definition) is 3. The predicted molar refractivity (Wildman–Crippen MR) is 68.5 cm³/mol. The summed E-state index contributed by atoms with van der Waals surface area (Å²) in [7, 11) is 1.56. The standard InChI is InChI=1S/C12H11ClN2O2/c1-17-11-5-2-7(13)6-8(11)10-4-3-9(14)12(16)15-10/h2-6H,14H2,1H3,(H,15,16). The first kappa shape index (κ1) is 11.5. The van der Waals surface area contributed by atoms with Gasteiger partial charge in [-0.2, -0.15) is 0 Å². The van der Waals surface area contributed by atoms with Gasteiger partial charge in [0.25, 0.3) is 5.56 Å². The Kier molecular flexibility index (Phi) is 3.06. The minimum Gasteiger partial charge on any atom is -0.496 e. The Morgan fingerprint density at radius 1 is 1.29 bits per heavy atom. The number of nitrogens with one attached hydrogen (secondary N) is 1. The highest BCUT2D eigenvalue weighted by Crippen LogP contribution is 2.30. The molecule has 0 aliphatic carbocycles. The van der Waals surface area contributed by atoms with Crippen molar-refractivity contribution in [2.45, 2.75) is 0 Å². The molecule has 1 heterocycles. The second-order valence-electron chi connectivity index (χ2n) is 3.50. The van der Waals surface area contributed by atoms with Crippen molar-refractivity contribution < 1.29 is 4.74 Å². The number of benzene rings is 1. The summed E-state index contributed by atoms with van der Waals surface area (Å²) in [5.74, 6) is 0.634. The smallest absolute Gasteiger partial charge is 0.271 e. The molecule has 1 aromatic carbocycles. The SMILES string of the molecule is COc1ccc(Cl)cc1-c1ccc(N)c(=O)[nH]1. The molecule has 0 radical (unpaired) electrons. The Bertz CT molecular complexity index is 608. The molecule has 0 aliphatic rings. The van der Waals surface area contributed by atoms with Gasteiger partial charge in [-0.05, 0) is 30.3 Å². The van der Waals surface area contributed by atoms with Gasteiger partial charge < -0.3 is 15.5 Å². The lowest BCUT2D eigenvalue weighted by Gasteiger charge is -2.09. The number of aromatic amines is 1. The summed E-state index contributed by atoms with van der Waals surface area (Å²) in [6.45, 7) is 0. The average molecular weight is 251 g/mol. The quantitative estimate of drug-likeness (QED) is 0.859. The molecular formula is C12H11ClN2O2. The summed E-state index contributed by atoms with van der Waals surface area (Å²) in [5.41, 5.74) is 6.65. The van der Waals surface area contributed by atoms with Crippen LogP contribution in [0.3, 0.4) is 0 Å². The zero-order valence-electron chi connectivity index (χ0n) is 9.16. The van der Waals surface area contributed by atoms with Crippen LogP contribution in [0.15, 0.2) is 35.1 Å². The molecule has 88 valence electrons. The number of nitrogen functional groups attached to an aromatic ring is 1. The van der Waals surface area contributed by atoms with E-state index < -0.39 is 0 Å². The number of ether oxygens (including phenoxy) is 1. The van der Waals surface area contributed by atoms with Crippen molar-refractivity contribution >= 4 is 17.3 Å². The molecule has 5 heteroatoms. The van der Waals surface area contributed by atoms with Gasteiger partial charge in [0.15, 0.2) is 0 Å². The minimum absolute atomic E-state index is 0.176. The third-order valence-corrected chi connectivity index (χ3v) is 2.63. The molecule has 0 fully saturated rings. The molecule has 2 aromatic rings. The summed E-state index contributed by atoms with van der Waals surface area (Å²) in [6.07, 6.45) is 0. The van der Waals surface area contributed by atoms with Gasteiger partial charge in [0, 0.05) is 10.6 Å². The Balaban J connectivity index is 2.62. The number of nitrogens with two attached hydrogens (primary N) is 1. The fourth-order valence-corrected chi connectivity index (χ4v) is 1.70. The first-order valence-corrected chi connectivity index (χ1v) is 5.32. The zero-order valence-corrected chi connectivity index (χ0v) is 9.91. The van der Waals surface area contributed by atoms with Crippen molar-refractivity contribution in [3.05, 3.63) is 45.7 Å². The summed E-state index contributed by atoms with van der Waals surface area (Å²) in [4.78, 5) is 14.1. The fourth-order valence-electron chi connectivity index (χ4n) is 1.53. The van der Waals surface area contributed by atoms with Crippen molar-refractivity contribution in [3.63, 3.8) is 0 Å². The number of halogens is 1. The van der Waals surface area contributed by atoms with E-state index in [1.807, 2.05) is 0 Å². The third-order valence-electron chi connectivity index (χ3n) is 2.39. The molecule has 0 spiro atoms. The van der Waals surface area contributed by atoms with Gasteiger partial charge in [0.2, 0.25) is 0 Å². The molecular weight excluding hydrogens is 240 g/mol. The van der Waals surface area contributed by atoms with E-state index in [0.717, 1.165) is 5.56 Å². The topological polar surface area (TPSA) is 68.1 Å². The van der Waals surface area contributed by atoms with Crippen LogP contribution in [0.1, 0.15) is 0 Å². The number of hydrogen-bond donors (Lipinski definition) is 2. The number of pyridine rings is 1. The van der Waals surface area contributed by atoms with Crippen molar-refractivity contribution in [2.75, 3.05) is 12.8 Å². The first-order valence-electron chi connectivity index (χ1n) is 4.94. The van der Waals surface area contributed by atoms with Gasteiger partial charge in [-0.3, -0.25) is 4.79 Å². The van der Waals surface area contributed by atoms with E-state index in [1.165, 1.54) is 0 Å². The maximum atomic E-state index is 11.4. The molecule has 4 nitrogen and oxygen atoms in total. The number of methoxy groups -OCH3 is 1. The minimum atomic E-state index is -0.329. The molecule has 1 aromatic heterocycles. The van der Waals surface area contributed by atoms with Crippen LogP contribution in [0.5, 0.6) is 5.75 Å². The normalized spacial score (nSPS) is 10.2. The van der Waals surface area contributed by atoms with E-state index in [9.17, 15) is 4.79 Å². The molecule has 0 unspecified atom stereocenters. The Hall–Kier alpha value is -1.94.